The van der Waals surface area contributed by atoms with E-state index in [4.69, 9.17) is 0 Å². The summed E-state index contributed by atoms with van der Waals surface area (Å²) < 4.78 is 1.84. The predicted molar refractivity (Wildman–Crippen MR) is 75.2 cm³/mol. The Balaban J connectivity index is 2.18. The summed E-state index contributed by atoms with van der Waals surface area (Å²) in [6.45, 7) is 3.78. The normalized spacial score (nSPS) is 18.0. The molecule has 7 heteroatoms. The SMILES string of the molecule is CCC1(CC)C(=O)NC(=O)N(CCc2nccn2C)C1=O. The first kappa shape index (κ1) is 15.2. The van der Waals surface area contributed by atoms with Gasteiger partial charge in [-0.2, -0.15) is 0 Å². The van der Waals surface area contributed by atoms with Gasteiger partial charge in [0, 0.05) is 32.4 Å². The third-order valence-corrected chi connectivity index (χ3v) is 4.24. The molecule has 1 N–H and O–H groups in total. The third-order valence-electron chi connectivity index (χ3n) is 4.24. The molecule has 1 aliphatic rings. The van der Waals surface area contributed by atoms with Crippen molar-refractivity contribution in [1.29, 1.82) is 0 Å². The average molecular weight is 292 g/mol. The van der Waals surface area contributed by atoms with Crippen LogP contribution in [0.25, 0.3) is 0 Å². The fraction of sp³-hybridized carbons (Fsp3) is 0.571. The van der Waals surface area contributed by atoms with Crippen molar-refractivity contribution in [3.8, 4) is 0 Å². The van der Waals surface area contributed by atoms with Crippen LogP contribution in [0.1, 0.15) is 32.5 Å². The van der Waals surface area contributed by atoms with Crippen molar-refractivity contribution in [2.75, 3.05) is 6.54 Å². The van der Waals surface area contributed by atoms with Crippen molar-refractivity contribution in [2.24, 2.45) is 12.5 Å². The van der Waals surface area contributed by atoms with Gasteiger partial charge in [0.25, 0.3) is 0 Å². The Kier molecular flexibility index (Phi) is 4.11. The van der Waals surface area contributed by atoms with Crippen molar-refractivity contribution in [2.45, 2.75) is 33.1 Å². The second kappa shape index (κ2) is 5.67. The summed E-state index contributed by atoms with van der Waals surface area (Å²) in [5.41, 5.74) is -1.13. The maximum Gasteiger partial charge on any atom is 0.330 e. The molecule has 0 saturated carbocycles. The van der Waals surface area contributed by atoms with Crippen LogP contribution in [0.2, 0.25) is 0 Å². The largest absolute Gasteiger partial charge is 0.338 e. The van der Waals surface area contributed by atoms with Gasteiger partial charge in [0.1, 0.15) is 11.2 Å². The zero-order chi connectivity index (χ0) is 15.6. The number of barbiturate groups is 1. The van der Waals surface area contributed by atoms with Crippen LogP contribution in [0.15, 0.2) is 12.4 Å². The van der Waals surface area contributed by atoms with Gasteiger partial charge in [-0.05, 0) is 12.8 Å². The zero-order valence-electron chi connectivity index (χ0n) is 12.5. The number of carbonyl (C=O) groups excluding carboxylic acids is 3. The summed E-state index contributed by atoms with van der Waals surface area (Å²) in [6, 6.07) is -0.642. The number of imide groups is 2. The van der Waals surface area contributed by atoms with E-state index in [0.717, 1.165) is 10.7 Å². The van der Waals surface area contributed by atoms with Crippen molar-refractivity contribution >= 4 is 17.8 Å². The molecule has 114 valence electrons. The molecule has 0 radical (unpaired) electrons. The Labute approximate surface area is 123 Å². The van der Waals surface area contributed by atoms with Gasteiger partial charge in [-0.25, -0.2) is 9.78 Å². The quantitative estimate of drug-likeness (QED) is 0.815. The number of nitrogens with zero attached hydrogens (tertiary/aromatic N) is 3. The molecule has 0 atom stereocenters. The number of hydrogen-bond donors (Lipinski definition) is 1. The molecule has 1 saturated heterocycles. The minimum atomic E-state index is -1.13. The van der Waals surface area contributed by atoms with Gasteiger partial charge in [-0.15, -0.1) is 0 Å². The maximum atomic E-state index is 12.6. The highest BCUT2D eigenvalue weighted by molar-refractivity contribution is 6.19. The molecule has 1 aromatic heterocycles. The number of imidazole rings is 1. The summed E-state index contributed by atoms with van der Waals surface area (Å²) >= 11 is 0. The highest BCUT2D eigenvalue weighted by Gasteiger charge is 2.51. The van der Waals surface area contributed by atoms with E-state index in [1.165, 1.54) is 0 Å². The van der Waals surface area contributed by atoms with Gasteiger partial charge in [-0.1, -0.05) is 13.8 Å². The van der Waals surface area contributed by atoms with E-state index in [-0.39, 0.29) is 6.54 Å². The van der Waals surface area contributed by atoms with Crippen LogP contribution in [-0.2, 0) is 23.1 Å². The van der Waals surface area contributed by atoms with Crippen LogP contribution in [0.5, 0.6) is 0 Å². The molecular formula is C14H20N4O3. The Bertz CT molecular complexity index is 575. The van der Waals surface area contributed by atoms with Gasteiger partial charge < -0.3 is 4.57 Å². The lowest BCUT2D eigenvalue weighted by molar-refractivity contribution is -0.152. The Morgan fingerprint density at radius 1 is 1.24 bits per heavy atom. The molecule has 1 fully saturated rings. The van der Waals surface area contributed by atoms with Gasteiger partial charge in [0.05, 0.1) is 0 Å². The Morgan fingerprint density at radius 3 is 2.43 bits per heavy atom. The number of nitrogens with one attached hydrogen (secondary N) is 1. The van der Waals surface area contributed by atoms with Gasteiger partial charge >= 0.3 is 6.03 Å². The second-order valence-corrected chi connectivity index (χ2v) is 5.21. The standard InChI is InChI=1S/C14H20N4O3/c1-4-14(5-2)11(19)16-13(21)18(12(14)20)8-6-10-15-7-9-17(10)3/h7,9H,4-6,8H2,1-3H3,(H,16,19,21). The molecule has 21 heavy (non-hydrogen) atoms. The zero-order valence-corrected chi connectivity index (χ0v) is 12.5. The first-order valence-corrected chi connectivity index (χ1v) is 7.09. The van der Waals surface area contributed by atoms with Crippen molar-refractivity contribution in [3.63, 3.8) is 0 Å². The molecule has 4 amide bonds. The van der Waals surface area contributed by atoms with Gasteiger partial charge in [0.15, 0.2) is 0 Å². The molecule has 7 nitrogen and oxygen atoms in total. The highest BCUT2D eigenvalue weighted by atomic mass is 16.2. The highest BCUT2D eigenvalue weighted by Crippen LogP contribution is 2.32. The summed E-state index contributed by atoms with van der Waals surface area (Å²) in [7, 11) is 1.85. The van der Waals surface area contributed by atoms with E-state index in [1.54, 1.807) is 26.2 Å². The maximum absolute atomic E-state index is 12.6. The fourth-order valence-corrected chi connectivity index (χ4v) is 2.66. The Morgan fingerprint density at radius 2 is 1.90 bits per heavy atom. The van der Waals surface area contributed by atoms with E-state index in [9.17, 15) is 14.4 Å². The summed E-state index contributed by atoms with van der Waals surface area (Å²) in [6.07, 6.45) is 4.68. The predicted octanol–water partition coefficient (Wildman–Crippen LogP) is 0.847. The first-order valence-electron chi connectivity index (χ1n) is 7.09. The topological polar surface area (TPSA) is 84.3 Å². The molecule has 2 rings (SSSR count). The van der Waals surface area contributed by atoms with Crippen molar-refractivity contribution in [1.82, 2.24) is 19.8 Å². The fourth-order valence-electron chi connectivity index (χ4n) is 2.66. The number of urea groups is 1. The van der Waals surface area contributed by atoms with Crippen LogP contribution in [-0.4, -0.2) is 38.8 Å². The average Bonchev–Trinajstić information content (AvgIpc) is 2.85. The molecule has 2 heterocycles. The molecule has 0 spiro atoms. The van der Waals surface area contributed by atoms with E-state index in [0.29, 0.717) is 19.3 Å². The second-order valence-electron chi connectivity index (χ2n) is 5.21. The number of aryl methyl sites for hydroxylation is 1. The first-order chi connectivity index (χ1) is 9.96. The third kappa shape index (κ3) is 2.43. The monoisotopic (exact) mass is 292 g/mol. The van der Waals surface area contributed by atoms with E-state index >= 15 is 0 Å². The van der Waals surface area contributed by atoms with Gasteiger partial charge in [0.2, 0.25) is 11.8 Å². The van der Waals surface area contributed by atoms with E-state index in [2.05, 4.69) is 10.3 Å². The van der Waals surface area contributed by atoms with Crippen LogP contribution in [0.3, 0.4) is 0 Å². The lowest BCUT2D eigenvalue weighted by Crippen LogP contribution is -2.63. The number of carbonyl (C=O) groups is 3. The van der Waals surface area contributed by atoms with Crippen molar-refractivity contribution in [3.05, 3.63) is 18.2 Å². The lowest BCUT2D eigenvalue weighted by atomic mass is 9.78. The van der Waals surface area contributed by atoms with Crippen LogP contribution < -0.4 is 5.32 Å². The molecule has 0 aromatic carbocycles. The molecule has 1 aromatic rings. The van der Waals surface area contributed by atoms with Crippen LogP contribution >= 0.6 is 0 Å². The number of amides is 4. The van der Waals surface area contributed by atoms with E-state index < -0.39 is 23.3 Å². The Hall–Kier alpha value is -2.18. The van der Waals surface area contributed by atoms with Crippen molar-refractivity contribution < 1.29 is 14.4 Å². The molecule has 0 aliphatic carbocycles. The molecule has 1 aliphatic heterocycles. The molecular weight excluding hydrogens is 272 g/mol. The van der Waals surface area contributed by atoms with E-state index in [1.807, 2.05) is 11.6 Å². The smallest absolute Gasteiger partial charge is 0.330 e. The summed E-state index contributed by atoms with van der Waals surface area (Å²) in [4.78, 5) is 41.8. The number of rotatable bonds is 5. The molecule has 0 bridgehead atoms. The summed E-state index contributed by atoms with van der Waals surface area (Å²) in [5.74, 6) is -0.114. The minimum absolute atomic E-state index is 0.213. The number of aromatic nitrogens is 2. The minimum Gasteiger partial charge on any atom is -0.338 e. The lowest BCUT2D eigenvalue weighted by Gasteiger charge is -2.38. The van der Waals surface area contributed by atoms with Gasteiger partial charge in [-0.3, -0.25) is 19.8 Å². The molecule has 0 unspecified atom stereocenters. The van der Waals surface area contributed by atoms with Crippen LogP contribution in [0, 0.1) is 5.41 Å². The summed E-state index contributed by atoms with van der Waals surface area (Å²) in [5, 5.41) is 2.30. The number of hydrogen-bond acceptors (Lipinski definition) is 4. The van der Waals surface area contributed by atoms with Crippen LogP contribution in [0.4, 0.5) is 4.79 Å².